The maximum atomic E-state index is 4.74. The summed E-state index contributed by atoms with van der Waals surface area (Å²) in [5.74, 6) is 0.884. The number of benzene rings is 1. The monoisotopic (exact) mass is 554 g/mol. The molecule has 0 aromatic heterocycles. The molecule has 0 spiro atoms. The molecule has 1 nitrogen and oxygen atoms in total. The summed E-state index contributed by atoms with van der Waals surface area (Å²) in [6.07, 6.45) is 12.7. The van der Waals surface area contributed by atoms with E-state index in [9.17, 15) is 0 Å². The zero-order valence-corrected chi connectivity index (χ0v) is 29.8. The van der Waals surface area contributed by atoms with Gasteiger partial charge in [-0.05, 0) is 94.8 Å². The number of aliphatic imine (C=N–C) groups is 1. The first kappa shape index (κ1) is 42.6. The van der Waals surface area contributed by atoms with E-state index in [4.69, 9.17) is 4.99 Å². The lowest BCUT2D eigenvalue weighted by Crippen LogP contribution is -2.07. The fourth-order valence-electron chi connectivity index (χ4n) is 3.84. The summed E-state index contributed by atoms with van der Waals surface area (Å²) in [6, 6.07) is 8.73. The van der Waals surface area contributed by atoms with Crippen molar-refractivity contribution in [1.82, 2.24) is 0 Å². The van der Waals surface area contributed by atoms with Crippen LogP contribution in [0.15, 0.2) is 64.8 Å². The number of hydrogen-bond donors (Lipinski definition) is 0. The van der Waals surface area contributed by atoms with Crippen molar-refractivity contribution in [2.75, 3.05) is 0 Å². The van der Waals surface area contributed by atoms with Gasteiger partial charge >= 0.3 is 0 Å². The van der Waals surface area contributed by atoms with E-state index in [0.29, 0.717) is 0 Å². The molecule has 1 aromatic carbocycles. The van der Waals surface area contributed by atoms with Crippen LogP contribution in [0.25, 0.3) is 0 Å². The molecule has 0 unspecified atom stereocenters. The molecule has 1 aliphatic rings. The van der Waals surface area contributed by atoms with Crippen LogP contribution in [0.5, 0.6) is 0 Å². The molecule has 0 heterocycles. The zero-order chi connectivity index (χ0) is 31.7. The second-order valence-electron chi connectivity index (χ2n) is 12.2. The topological polar surface area (TPSA) is 12.4 Å². The average molecular weight is 554 g/mol. The minimum Gasteiger partial charge on any atom is -0.263 e. The molecule has 40 heavy (non-hydrogen) atoms. The summed E-state index contributed by atoms with van der Waals surface area (Å²) in [7, 11) is 0. The third-order valence-electron chi connectivity index (χ3n) is 7.32. The van der Waals surface area contributed by atoms with Crippen LogP contribution in [0.4, 0.5) is 0 Å². The first-order valence-electron chi connectivity index (χ1n) is 16.3. The molecule has 1 fully saturated rings. The van der Waals surface area contributed by atoms with Crippen molar-refractivity contribution >= 4 is 5.71 Å². The van der Waals surface area contributed by atoms with E-state index in [1.54, 1.807) is 0 Å². The maximum Gasteiger partial charge on any atom is 0.0403 e. The van der Waals surface area contributed by atoms with Crippen LogP contribution in [0.3, 0.4) is 0 Å². The molecule has 2 rings (SSSR count). The number of aryl methyl sites for hydroxylation is 2. The first-order chi connectivity index (χ1) is 18.7. The van der Waals surface area contributed by atoms with Crippen LogP contribution in [-0.4, -0.2) is 5.71 Å². The fourth-order valence-corrected chi connectivity index (χ4v) is 3.84. The van der Waals surface area contributed by atoms with Gasteiger partial charge in [-0.1, -0.05) is 143 Å². The van der Waals surface area contributed by atoms with E-state index in [0.717, 1.165) is 47.4 Å². The third-order valence-corrected chi connectivity index (χ3v) is 7.32. The molecule has 0 radical (unpaired) electrons. The average Bonchev–Trinajstić information content (AvgIpc) is 3.36. The molecule has 0 atom stereocenters. The molecule has 1 saturated carbocycles. The summed E-state index contributed by atoms with van der Waals surface area (Å²) in [5.41, 5.74) is 9.06. The van der Waals surface area contributed by atoms with Crippen LogP contribution in [-0.2, 0) is 6.42 Å². The summed E-state index contributed by atoms with van der Waals surface area (Å²) in [6.45, 7) is 38.1. The first-order valence-corrected chi connectivity index (χ1v) is 16.3. The molecule has 0 aliphatic heterocycles. The number of rotatable bonds is 9. The van der Waals surface area contributed by atoms with E-state index >= 15 is 0 Å². The smallest absolute Gasteiger partial charge is 0.0403 e. The molecule has 232 valence electrons. The Morgan fingerprint density at radius 1 is 0.900 bits per heavy atom. The largest absolute Gasteiger partial charge is 0.263 e. The molecule has 1 heteroatoms. The maximum absolute atomic E-state index is 4.74. The molecule has 1 aromatic rings. The van der Waals surface area contributed by atoms with Crippen molar-refractivity contribution in [2.45, 2.75) is 161 Å². The highest BCUT2D eigenvalue weighted by Crippen LogP contribution is 2.39. The molecule has 0 saturated heterocycles. The highest BCUT2D eigenvalue weighted by molar-refractivity contribution is 5.83. The van der Waals surface area contributed by atoms with Gasteiger partial charge in [-0.15, -0.1) is 0 Å². The van der Waals surface area contributed by atoms with Crippen LogP contribution < -0.4 is 0 Å². The van der Waals surface area contributed by atoms with Crippen molar-refractivity contribution in [2.24, 2.45) is 16.3 Å². The van der Waals surface area contributed by atoms with Crippen LogP contribution in [0.1, 0.15) is 159 Å². The van der Waals surface area contributed by atoms with Crippen LogP contribution >= 0.6 is 0 Å². The molecule has 1 aliphatic carbocycles. The van der Waals surface area contributed by atoms with Gasteiger partial charge in [0, 0.05) is 11.4 Å². The third kappa shape index (κ3) is 24.0. The minimum atomic E-state index is 0.736. The Bertz CT molecular complexity index is 826. The van der Waals surface area contributed by atoms with Gasteiger partial charge in [0.1, 0.15) is 0 Å². The summed E-state index contributed by atoms with van der Waals surface area (Å²) >= 11 is 0. The Balaban J connectivity index is -0.000000617. The SMILES string of the molecule is C=C(C)CC(=C)/C(C)=C(\C)N=C(C)CCc1ccc(C)cc1.CC.CCC.CCC(C)C.CCC1(C)CCCC1. The molecular formula is C39H71N. The van der Waals surface area contributed by atoms with Crippen molar-refractivity contribution in [3.8, 4) is 0 Å². The van der Waals surface area contributed by atoms with Crippen molar-refractivity contribution in [1.29, 1.82) is 0 Å². The van der Waals surface area contributed by atoms with Gasteiger partial charge in [0.2, 0.25) is 0 Å². The molecule has 0 N–H and O–H groups in total. The summed E-state index contributed by atoms with van der Waals surface area (Å²) in [4.78, 5) is 4.74. The minimum absolute atomic E-state index is 0.736. The Hall–Kier alpha value is -1.89. The van der Waals surface area contributed by atoms with Gasteiger partial charge in [0.05, 0.1) is 0 Å². The van der Waals surface area contributed by atoms with E-state index in [1.807, 2.05) is 20.8 Å². The van der Waals surface area contributed by atoms with Crippen molar-refractivity contribution in [3.63, 3.8) is 0 Å². The van der Waals surface area contributed by atoms with Crippen molar-refractivity contribution in [3.05, 3.63) is 71.0 Å². The quantitative estimate of drug-likeness (QED) is 0.164. The lowest BCUT2D eigenvalue weighted by Gasteiger charge is -2.19. The fraction of sp³-hybridized carbons (Fsp3) is 0.667. The Kier molecular flexibility index (Phi) is 27.7. The lowest BCUT2D eigenvalue weighted by atomic mass is 9.86. The Labute approximate surface area is 253 Å². The second-order valence-corrected chi connectivity index (χ2v) is 12.2. The number of hydrogen-bond acceptors (Lipinski definition) is 1. The lowest BCUT2D eigenvalue weighted by molar-refractivity contribution is 0.323. The molecule has 0 bridgehead atoms. The van der Waals surface area contributed by atoms with Gasteiger partial charge in [-0.3, -0.25) is 4.99 Å². The number of allylic oxidation sites excluding steroid dienone is 4. The Morgan fingerprint density at radius 2 is 1.35 bits per heavy atom. The van der Waals surface area contributed by atoms with Crippen molar-refractivity contribution < 1.29 is 0 Å². The zero-order valence-electron chi connectivity index (χ0n) is 29.8. The van der Waals surface area contributed by atoms with E-state index in [-0.39, 0.29) is 0 Å². The van der Waals surface area contributed by atoms with Gasteiger partial charge in [0.25, 0.3) is 0 Å². The highest BCUT2D eigenvalue weighted by Gasteiger charge is 2.25. The highest BCUT2D eigenvalue weighted by atomic mass is 14.7. The Morgan fingerprint density at radius 3 is 1.70 bits per heavy atom. The summed E-state index contributed by atoms with van der Waals surface area (Å²) < 4.78 is 0. The van der Waals surface area contributed by atoms with E-state index < -0.39 is 0 Å². The molecule has 0 amide bonds. The van der Waals surface area contributed by atoms with Gasteiger partial charge in [-0.25, -0.2) is 0 Å². The predicted octanol–water partition coefficient (Wildman–Crippen LogP) is 13.7. The van der Waals surface area contributed by atoms with Gasteiger partial charge in [0.15, 0.2) is 0 Å². The normalized spacial score (nSPS) is 14.1. The van der Waals surface area contributed by atoms with Gasteiger partial charge < -0.3 is 0 Å². The van der Waals surface area contributed by atoms with Crippen LogP contribution in [0.2, 0.25) is 0 Å². The number of nitrogens with zero attached hydrogens (tertiary/aromatic N) is 1. The van der Waals surface area contributed by atoms with Crippen LogP contribution in [0, 0.1) is 18.3 Å². The van der Waals surface area contributed by atoms with E-state index in [2.05, 4.69) is 114 Å². The standard InChI is InChI=1S/C21H29N.C8H16.C5H12.C3H8.C2H6/c1-15(2)14-17(4)19(6)20(7)22-18(5)10-13-21-11-8-16(3)9-12-21;1-3-8(2)6-4-5-7-8;1-4-5(2)3;1-3-2;1-2/h8-9,11-12H,1,4,10,13-14H2,2-3,5-7H3;3-7H2,1-2H3;5H,4H2,1-3H3;3H2,1-2H3;1-2H3/b20-19+,22-18?;;;;. The van der Waals surface area contributed by atoms with Gasteiger partial charge in [-0.2, -0.15) is 0 Å². The molecular weight excluding hydrogens is 482 g/mol. The summed E-state index contributed by atoms with van der Waals surface area (Å²) in [5, 5.41) is 0. The predicted molar refractivity (Wildman–Crippen MR) is 189 cm³/mol. The second kappa shape index (κ2) is 26.0. The van der Waals surface area contributed by atoms with E-state index in [1.165, 1.54) is 67.4 Å².